The molecule has 0 atom stereocenters. The van der Waals surface area contributed by atoms with Crippen LogP contribution in [0.5, 0.6) is 0 Å². The Hall–Kier alpha value is -0.220. The fraction of sp³-hybridized carbons (Fsp3) is 1.00. The standard InChI is InChI=1S/C12H23F2NO/c13-12(14)10-16-8-7-15-9-11-5-3-1-2-4-6-11/h11-12,15H,1-10H2. The molecule has 1 saturated carbocycles. The molecule has 0 unspecified atom stereocenters. The van der Waals surface area contributed by atoms with Gasteiger partial charge in [-0.1, -0.05) is 25.7 Å². The molecule has 0 spiro atoms. The van der Waals surface area contributed by atoms with E-state index in [4.69, 9.17) is 4.74 Å². The Morgan fingerprint density at radius 3 is 2.44 bits per heavy atom. The summed E-state index contributed by atoms with van der Waals surface area (Å²) in [4.78, 5) is 0. The van der Waals surface area contributed by atoms with E-state index >= 15 is 0 Å². The van der Waals surface area contributed by atoms with Gasteiger partial charge in [0.15, 0.2) is 0 Å². The molecule has 1 N–H and O–H groups in total. The maximum atomic E-state index is 11.7. The number of ether oxygens (including phenoxy) is 1. The molecule has 96 valence electrons. The molecule has 1 rings (SSSR count). The zero-order chi connectivity index (χ0) is 11.6. The number of rotatable bonds is 7. The molecule has 4 heteroatoms. The molecule has 0 bridgehead atoms. The lowest BCUT2D eigenvalue weighted by molar-refractivity contribution is 0.0186. The molecule has 16 heavy (non-hydrogen) atoms. The van der Waals surface area contributed by atoms with Gasteiger partial charge in [0.05, 0.1) is 6.61 Å². The topological polar surface area (TPSA) is 21.3 Å². The Kier molecular flexibility index (Phi) is 7.68. The first-order valence-corrected chi connectivity index (χ1v) is 6.35. The van der Waals surface area contributed by atoms with Crippen molar-refractivity contribution >= 4 is 0 Å². The zero-order valence-electron chi connectivity index (χ0n) is 9.89. The van der Waals surface area contributed by atoms with Crippen LogP contribution in [0.3, 0.4) is 0 Å². The molecule has 0 aromatic heterocycles. The Morgan fingerprint density at radius 2 is 1.81 bits per heavy atom. The van der Waals surface area contributed by atoms with Crippen LogP contribution in [0.25, 0.3) is 0 Å². The van der Waals surface area contributed by atoms with Crippen LogP contribution >= 0.6 is 0 Å². The lowest BCUT2D eigenvalue weighted by atomic mass is 10.0. The summed E-state index contributed by atoms with van der Waals surface area (Å²) in [5.74, 6) is 0.776. The molecule has 0 radical (unpaired) electrons. The Balaban J connectivity index is 1.89. The number of hydrogen-bond donors (Lipinski definition) is 1. The molecule has 1 aliphatic rings. The summed E-state index contributed by atoms with van der Waals surface area (Å²) in [6.07, 6.45) is 5.70. The molecule has 0 aromatic carbocycles. The second-order valence-corrected chi connectivity index (χ2v) is 4.53. The molecule has 0 heterocycles. The van der Waals surface area contributed by atoms with E-state index in [1.807, 2.05) is 0 Å². The zero-order valence-corrected chi connectivity index (χ0v) is 9.89. The quantitative estimate of drug-likeness (QED) is 0.541. The van der Waals surface area contributed by atoms with Crippen molar-refractivity contribution in [1.82, 2.24) is 5.32 Å². The van der Waals surface area contributed by atoms with Gasteiger partial charge in [-0.25, -0.2) is 8.78 Å². The predicted molar refractivity (Wildman–Crippen MR) is 60.9 cm³/mol. The monoisotopic (exact) mass is 235 g/mol. The molecule has 0 saturated heterocycles. The first-order chi connectivity index (χ1) is 7.79. The van der Waals surface area contributed by atoms with Crippen molar-refractivity contribution in [1.29, 1.82) is 0 Å². The van der Waals surface area contributed by atoms with Crippen LogP contribution in [0.2, 0.25) is 0 Å². The highest BCUT2D eigenvalue weighted by molar-refractivity contribution is 4.66. The number of nitrogens with one attached hydrogen (secondary N) is 1. The lowest BCUT2D eigenvalue weighted by Crippen LogP contribution is -2.26. The fourth-order valence-electron chi connectivity index (χ4n) is 2.19. The first-order valence-electron chi connectivity index (χ1n) is 6.35. The average Bonchev–Trinajstić information content (AvgIpc) is 2.51. The van der Waals surface area contributed by atoms with Crippen molar-refractivity contribution in [2.24, 2.45) is 5.92 Å². The van der Waals surface area contributed by atoms with Crippen LogP contribution in [0.15, 0.2) is 0 Å². The van der Waals surface area contributed by atoms with Gasteiger partial charge in [-0.05, 0) is 25.3 Å². The van der Waals surface area contributed by atoms with Crippen molar-refractivity contribution < 1.29 is 13.5 Å². The molecular formula is C12H23F2NO. The van der Waals surface area contributed by atoms with Gasteiger partial charge in [0, 0.05) is 6.54 Å². The van der Waals surface area contributed by atoms with Crippen molar-refractivity contribution in [2.75, 3.05) is 26.3 Å². The largest absolute Gasteiger partial charge is 0.374 e. The van der Waals surface area contributed by atoms with E-state index in [-0.39, 0.29) is 0 Å². The van der Waals surface area contributed by atoms with E-state index in [0.29, 0.717) is 13.2 Å². The average molecular weight is 235 g/mol. The third-order valence-electron chi connectivity index (χ3n) is 3.07. The summed E-state index contributed by atoms with van der Waals surface area (Å²) < 4.78 is 28.3. The van der Waals surface area contributed by atoms with E-state index in [1.54, 1.807) is 0 Å². The highest BCUT2D eigenvalue weighted by Crippen LogP contribution is 2.21. The minimum absolute atomic E-state index is 0.386. The van der Waals surface area contributed by atoms with Crippen LogP contribution in [0, 0.1) is 5.92 Å². The lowest BCUT2D eigenvalue weighted by Gasteiger charge is -2.14. The molecule has 2 nitrogen and oxygen atoms in total. The Bertz CT molecular complexity index is 159. The first kappa shape index (κ1) is 13.8. The second kappa shape index (κ2) is 8.88. The van der Waals surface area contributed by atoms with Gasteiger partial charge < -0.3 is 10.1 Å². The highest BCUT2D eigenvalue weighted by atomic mass is 19.3. The number of alkyl halides is 2. The Morgan fingerprint density at radius 1 is 1.12 bits per heavy atom. The predicted octanol–water partition coefficient (Wildman–Crippen LogP) is 2.83. The maximum Gasteiger partial charge on any atom is 0.261 e. The van der Waals surface area contributed by atoms with Crippen LogP contribution < -0.4 is 5.32 Å². The maximum absolute atomic E-state index is 11.7. The Labute approximate surface area is 96.7 Å². The summed E-state index contributed by atoms with van der Waals surface area (Å²) in [6.45, 7) is 1.64. The van der Waals surface area contributed by atoms with E-state index in [2.05, 4.69) is 5.32 Å². The van der Waals surface area contributed by atoms with E-state index in [0.717, 1.165) is 12.5 Å². The molecule has 0 aliphatic heterocycles. The van der Waals surface area contributed by atoms with Gasteiger partial charge in [-0.15, -0.1) is 0 Å². The molecule has 1 aliphatic carbocycles. The molecule has 0 aromatic rings. The van der Waals surface area contributed by atoms with Crippen LogP contribution in [-0.4, -0.2) is 32.7 Å². The highest BCUT2D eigenvalue weighted by Gasteiger charge is 2.11. The number of halogens is 2. The summed E-state index contributed by atoms with van der Waals surface area (Å²) in [5.41, 5.74) is 0. The van der Waals surface area contributed by atoms with Gasteiger partial charge in [-0.2, -0.15) is 0 Å². The van der Waals surface area contributed by atoms with E-state index < -0.39 is 13.0 Å². The van der Waals surface area contributed by atoms with Crippen molar-refractivity contribution in [2.45, 2.75) is 45.0 Å². The van der Waals surface area contributed by atoms with Crippen molar-refractivity contribution in [3.05, 3.63) is 0 Å². The van der Waals surface area contributed by atoms with Gasteiger partial charge in [0.2, 0.25) is 0 Å². The van der Waals surface area contributed by atoms with Crippen LogP contribution in [0.1, 0.15) is 38.5 Å². The summed E-state index contributed by atoms with van der Waals surface area (Å²) in [5, 5.41) is 3.29. The fourth-order valence-corrected chi connectivity index (χ4v) is 2.19. The summed E-state index contributed by atoms with van der Waals surface area (Å²) >= 11 is 0. The normalized spacial score (nSPS) is 18.9. The minimum atomic E-state index is -2.35. The molecule has 1 fully saturated rings. The van der Waals surface area contributed by atoms with E-state index in [1.165, 1.54) is 38.5 Å². The smallest absolute Gasteiger partial charge is 0.261 e. The molecular weight excluding hydrogens is 212 g/mol. The summed E-state index contributed by atoms with van der Waals surface area (Å²) in [6, 6.07) is 0. The van der Waals surface area contributed by atoms with Gasteiger partial charge in [-0.3, -0.25) is 0 Å². The van der Waals surface area contributed by atoms with E-state index in [9.17, 15) is 8.78 Å². The molecule has 0 amide bonds. The SMILES string of the molecule is FC(F)COCCNCC1CCCCCC1. The van der Waals surface area contributed by atoms with Crippen LogP contribution in [-0.2, 0) is 4.74 Å². The number of hydrogen-bond acceptors (Lipinski definition) is 2. The second-order valence-electron chi connectivity index (χ2n) is 4.53. The van der Waals surface area contributed by atoms with Crippen molar-refractivity contribution in [3.8, 4) is 0 Å². The summed E-state index contributed by atoms with van der Waals surface area (Å²) in [7, 11) is 0. The van der Waals surface area contributed by atoms with Crippen LogP contribution in [0.4, 0.5) is 8.78 Å². The third-order valence-corrected chi connectivity index (χ3v) is 3.07. The van der Waals surface area contributed by atoms with Crippen molar-refractivity contribution in [3.63, 3.8) is 0 Å². The van der Waals surface area contributed by atoms with Gasteiger partial charge in [0.1, 0.15) is 6.61 Å². The van der Waals surface area contributed by atoms with Gasteiger partial charge >= 0.3 is 0 Å². The van der Waals surface area contributed by atoms with Gasteiger partial charge in [0.25, 0.3) is 6.43 Å². The third kappa shape index (κ3) is 7.12. The minimum Gasteiger partial charge on any atom is -0.374 e.